The number of nitriles is 1. The normalized spacial score (nSPS) is 12.6. The van der Waals surface area contributed by atoms with Gasteiger partial charge < -0.3 is 9.84 Å². The molecule has 0 heterocycles. The van der Waals surface area contributed by atoms with Gasteiger partial charge in [-0.2, -0.15) is 18.4 Å². The average molecular weight is 516 g/mol. The summed E-state index contributed by atoms with van der Waals surface area (Å²) in [5.74, 6) is -0.456. The lowest BCUT2D eigenvalue weighted by molar-refractivity contribution is -0.135. The molecule has 36 heavy (non-hydrogen) atoms. The third-order valence-electron chi connectivity index (χ3n) is 6.51. The van der Waals surface area contributed by atoms with E-state index in [1.807, 2.05) is 6.07 Å². The van der Waals surface area contributed by atoms with Crippen molar-refractivity contribution in [2.45, 2.75) is 134 Å². The van der Waals surface area contributed by atoms with E-state index in [2.05, 4.69) is 0 Å². The number of aliphatic hydroxyl groups is 1. The van der Waals surface area contributed by atoms with Gasteiger partial charge in [-0.1, -0.05) is 96.3 Å². The molecule has 0 aliphatic carbocycles. The van der Waals surface area contributed by atoms with E-state index < -0.39 is 18.4 Å². The van der Waals surface area contributed by atoms with E-state index >= 15 is 0 Å². The molecular weight excluding hydrogens is 470 g/mol. The molecule has 1 atom stereocenters. The number of hydrogen-bond donors (Lipinski definition) is 1. The average Bonchev–Trinajstić information content (AvgIpc) is 2.84. The van der Waals surface area contributed by atoms with Crippen LogP contribution in [0, 0.1) is 17.1 Å². The lowest BCUT2D eigenvalue weighted by Gasteiger charge is -2.15. The minimum Gasteiger partial charge on any atom is -0.394 e. The predicted molar refractivity (Wildman–Crippen MR) is 136 cm³/mol. The van der Waals surface area contributed by atoms with Crippen LogP contribution in [0.1, 0.15) is 127 Å². The highest BCUT2D eigenvalue weighted by Crippen LogP contribution is 2.23. The molecule has 0 saturated heterocycles. The first-order chi connectivity index (χ1) is 17.3. The van der Waals surface area contributed by atoms with Gasteiger partial charge in [0.05, 0.1) is 31.0 Å². The molecule has 0 aliphatic rings. The fourth-order valence-corrected chi connectivity index (χ4v) is 4.41. The standard InChI is InChI=1S/C29H45F4NO2/c30-27-20-25(22-34)19-26(21-27)24-36-28(23-35)17-15-13-11-9-7-5-3-1-2-4-6-8-10-12-14-16-18-29(31,32)33/h19-21,28,35H,1-18,23-24H2. The maximum absolute atomic E-state index is 13.5. The van der Waals surface area contributed by atoms with Gasteiger partial charge in [-0.05, 0) is 36.6 Å². The van der Waals surface area contributed by atoms with Gasteiger partial charge in [0.1, 0.15) is 5.82 Å². The molecule has 0 fully saturated rings. The molecular formula is C29H45F4NO2. The zero-order chi connectivity index (χ0) is 26.5. The van der Waals surface area contributed by atoms with Crippen molar-refractivity contribution in [2.24, 2.45) is 0 Å². The molecule has 3 nitrogen and oxygen atoms in total. The van der Waals surface area contributed by atoms with Crippen LogP contribution in [0.2, 0.25) is 0 Å². The summed E-state index contributed by atoms with van der Waals surface area (Å²) in [7, 11) is 0. The van der Waals surface area contributed by atoms with E-state index in [1.165, 1.54) is 69.9 Å². The Bertz CT molecular complexity index is 718. The second-order valence-corrected chi connectivity index (χ2v) is 9.89. The van der Waals surface area contributed by atoms with Crippen LogP contribution >= 0.6 is 0 Å². The number of ether oxygens (including phenoxy) is 1. The smallest absolute Gasteiger partial charge is 0.389 e. The van der Waals surface area contributed by atoms with Crippen molar-refractivity contribution < 1.29 is 27.4 Å². The van der Waals surface area contributed by atoms with E-state index in [4.69, 9.17) is 10.00 Å². The zero-order valence-electron chi connectivity index (χ0n) is 21.8. The lowest BCUT2D eigenvalue weighted by atomic mass is 10.0. The molecule has 206 valence electrons. The van der Waals surface area contributed by atoms with Crippen molar-refractivity contribution >= 4 is 0 Å². The SMILES string of the molecule is N#Cc1cc(F)cc(COC(CO)CCCCCCCCCCCCCCCCCCC(F)(F)F)c1. The molecule has 0 aliphatic heterocycles. The third kappa shape index (κ3) is 18.6. The molecule has 1 unspecified atom stereocenters. The Morgan fingerprint density at radius 1 is 0.750 bits per heavy atom. The summed E-state index contributed by atoms with van der Waals surface area (Å²) in [4.78, 5) is 0. The summed E-state index contributed by atoms with van der Waals surface area (Å²) in [5, 5.41) is 18.5. The highest BCUT2D eigenvalue weighted by molar-refractivity contribution is 5.33. The van der Waals surface area contributed by atoms with Crippen LogP contribution in [0.25, 0.3) is 0 Å². The zero-order valence-corrected chi connectivity index (χ0v) is 21.8. The van der Waals surface area contributed by atoms with Crippen molar-refractivity contribution in [3.8, 4) is 6.07 Å². The van der Waals surface area contributed by atoms with Crippen molar-refractivity contribution in [2.75, 3.05) is 6.61 Å². The molecule has 0 bridgehead atoms. The first-order valence-electron chi connectivity index (χ1n) is 13.8. The summed E-state index contributed by atoms with van der Waals surface area (Å²) < 4.78 is 55.4. The second-order valence-electron chi connectivity index (χ2n) is 9.89. The van der Waals surface area contributed by atoms with Crippen LogP contribution in [0.3, 0.4) is 0 Å². The Labute approximate surface area is 215 Å². The van der Waals surface area contributed by atoms with Gasteiger partial charge in [0.25, 0.3) is 0 Å². The number of hydrogen-bond acceptors (Lipinski definition) is 3. The number of nitrogens with zero attached hydrogens (tertiary/aromatic N) is 1. The van der Waals surface area contributed by atoms with Crippen LogP contribution in [-0.4, -0.2) is 24.0 Å². The quantitative estimate of drug-likeness (QED) is 0.124. The molecule has 7 heteroatoms. The molecule has 1 rings (SSSR count). The van der Waals surface area contributed by atoms with Crippen LogP contribution in [0.4, 0.5) is 17.6 Å². The van der Waals surface area contributed by atoms with Crippen molar-refractivity contribution in [3.05, 3.63) is 35.1 Å². The summed E-state index contributed by atoms with van der Waals surface area (Å²) >= 11 is 0. The van der Waals surface area contributed by atoms with Crippen molar-refractivity contribution in [1.29, 1.82) is 5.26 Å². The Kier molecular flexibility index (Phi) is 18.4. The maximum Gasteiger partial charge on any atom is 0.389 e. The minimum absolute atomic E-state index is 0.0671. The third-order valence-corrected chi connectivity index (χ3v) is 6.51. The predicted octanol–water partition coefficient (Wildman–Crippen LogP) is 9.16. The molecule has 0 saturated carbocycles. The van der Waals surface area contributed by atoms with Gasteiger partial charge in [0.2, 0.25) is 0 Å². The Balaban J connectivity index is 1.88. The Morgan fingerprint density at radius 3 is 1.67 bits per heavy atom. The van der Waals surface area contributed by atoms with E-state index in [9.17, 15) is 22.7 Å². The van der Waals surface area contributed by atoms with Gasteiger partial charge in [0.15, 0.2) is 0 Å². The highest BCUT2D eigenvalue weighted by atomic mass is 19.4. The van der Waals surface area contributed by atoms with Gasteiger partial charge >= 0.3 is 6.18 Å². The number of rotatable bonds is 22. The van der Waals surface area contributed by atoms with Gasteiger partial charge in [-0.25, -0.2) is 4.39 Å². The van der Waals surface area contributed by atoms with Gasteiger partial charge in [-0.3, -0.25) is 0 Å². The van der Waals surface area contributed by atoms with Crippen LogP contribution in [0.5, 0.6) is 0 Å². The number of unbranched alkanes of at least 4 members (excludes halogenated alkanes) is 15. The first-order valence-corrected chi connectivity index (χ1v) is 13.8. The van der Waals surface area contributed by atoms with Crippen LogP contribution in [-0.2, 0) is 11.3 Å². The van der Waals surface area contributed by atoms with E-state index in [0.717, 1.165) is 38.5 Å². The summed E-state index contributed by atoms with van der Waals surface area (Å²) in [6.07, 6.45) is 13.1. The van der Waals surface area contributed by atoms with Crippen LogP contribution < -0.4 is 0 Å². The number of halogens is 4. The lowest BCUT2D eigenvalue weighted by Crippen LogP contribution is -2.17. The van der Waals surface area contributed by atoms with Gasteiger partial charge in [0, 0.05) is 6.42 Å². The van der Waals surface area contributed by atoms with E-state index in [0.29, 0.717) is 12.0 Å². The minimum atomic E-state index is -4.00. The topological polar surface area (TPSA) is 53.2 Å². The number of benzene rings is 1. The molecule has 1 aromatic rings. The molecule has 1 N–H and O–H groups in total. The van der Waals surface area contributed by atoms with E-state index in [1.54, 1.807) is 6.07 Å². The number of aliphatic hydroxyl groups excluding tert-OH is 1. The monoisotopic (exact) mass is 515 g/mol. The van der Waals surface area contributed by atoms with Crippen molar-refractivity contribution in [3.63, 3.8) is 0 Å². The molecule has 0 amide bonds. The summed E-state index contributed by atoms with van der Waals surface area (Å²) in [6.45, 7) is 0.116. The summed E-state index contributed by atoms with van der Waals surface area (Å²) in [6, 6.07) is 6.08. The number of alkyl halides is 3. The largest absolute Gasteiger partial charge is 0.394 e. The fourth-order valence-electron chi connectivity index (χ4n) is 4.41. The molecule has 1 aromatic carbocycles. The van der Waals surface area contributed by atoms with Crippen LogP contribution in [0.15, 0.2) is 18.2 Å². The first kappa shape index (κ1) is 32.4. The fraction of sp³-hybridized carbons (Fsp3) is 0.759. The molecule has 0 spiro atoms. The highest BCUT2D eigenvalue weighted by Gasteiger charge is 2.25. The van der Waals surface area contributed by atoms with Gasteiger partial charge in [-0.15, -0.1) is 0 Å². The molecule has 0 radical (unpaired) electrons. The second kappa shape index (κ2) is 20.4. The summed E-state index contributed by atoms with van der Waals surface area (Å²) in [5.41, 5.74) is 0.867. The Morgan fingerprint density at radius 2 is 1.22 bits per heavy atom. The molecule has 0 aromatic heterocycles. The van der Waals surface area contributed by atoms with Crippen molar-refractivity contribution in [1.82, 2.24) is 0 Å². The van der Waals surface area contributed by atoms with E-state index in [-0.39, 0.29) is 31.3 Å². The maximum atomic E-state index is 13.5. The Hall–Kier alpha value is -1.65.